The van der Waals surface area contributed by atoms with E-state index < -0.39 is 5.97 Å². The highest BCUT2D eigenvalue weighted by molar-refractivity contribution is 5.70. The van der Waals surface area contributed by atoms with Crippen LogP contribution in [0.5, 0.6) is 0 Å². The molecule has 16 heavy (non-hydrogen) atoms. The summed E-state index contributed by atoms with van der Waals surface area (Å²) in [6, 6.07) is 9.94. The zero-order valence-corrected chi connectivity index (χ0v) is 9.10. The van der Waals surface area contributed by atoms with Crippen LogP contribution >= 0.6 is 0 Å². The van der Waals surface area contributed by atoms with E-state index >= 15 is 0 Å². The van der Waals surface area contributed by atoms with Crippen molar-refractivity contribution in [2.45, 2.75) is 12.8 Å². The molecule has 1 aliphatic heterocycles. The van der Waals surface area contributed by atoms with E-state index in [2.05, 4.69) is 10.4 Å². The lowest BCUT2D eigenvalue weighted by atomic mass is 9.98. The fraction of sp³-hybridized carbons (Fsp3) is 0.417. The van der Waals surface area contributed by atoms with E-state index in [9.17, 15) is 4.79 Å². The zero-order chi connectivity index (χ0) is 11.4. The summed E-state index contributed by atoms with van der Waals surface area (Å²) in [6.07, 6.45) is 1.43. The van der Waals surface area contributed by atoms with Crippen LogP contribution in [-0.4, -0.2) is 29.2 Å². The maximum Gasteiger partial charge on any atom is 0.306 e. The lowest BCUT2D eigenvalue weighted by molar-refractivity contribution is -0.143. The lowest BCUT2D eigenvalue weighted by Gasteiger charge is -2.30. The van der Waals surface area contributed by atoms with Gasteiger partial charge in [-0.2, -0.15) is 0 Å². The van der Waals surface area contributed by atoms with Crippen LogP contribution in [0.25, 0.3) is 0 Å². The molecule has 2 rings (SSSR count). The number of hydrazine groups is 1. The number of aliphatic carboxylic acids is 1. The van der Waals surface area contributed by atoms with Crippen LogP contribution in [0.2, 0.25) is 0 Å². The molecule has 0 aromatic heterocycles. The first-order valence-electron chi connectivity index (χ1n) is 5.55. The van der Waals surface area contributed by atoms with Gasteiger partial charge in [0.25, 0.3) is 0 Å². The molecule has 0 aliphatic carbocycles. The van der Waals surface area contributed by atoms with Crippen LogP contribution in [0.3, 0.4) is 0 Å². The Bertz CT molecular complexity index is 345. The third kappa shape index (κ3) is 2.73. The monoisotopic (exact) mass is 220 g/mol. The van der Waals surface area contributed by atoms with E-state index in [1.54, 1.807) is 0 Å². The topological polar surface area (TPSA) is 52.6 Å². The molecule has 1 aromatic rings. The average Bonchev–Trinajstić information content (AvgIpc) is 2.31. The molecule has 0 amide bonds. The summed E-state index contributed by atoms with van der Waals surface area (Å²) in [4.78, 5) is 10.8. The Morgan fingerprint density at radius 2 is 1.88 bits per heavy atom. The number of hydrogen-bond donors (Lipinski definition) is 2. The number of piperidine rings is 1. The number of carboxylic acid groups (broad SMARTS) is 1. The highest BCUT2D eigenvalue weighted by atomic mass is 16.4. The van der Waals surface area contributed by atoms with E-state index in [1.807, 2.05) is 30.3 Å². The predicted molar refractivity (Wildman–Crippen MR) is 62.0 cm³/mol. The van der Waals surface area contributed by atoms with Gasteiger partial charge < -0.3 is 10.5 Å². The van der Waals surface area contributed by atoms with Crippen LogP contribution in [0, 0.1) is 5.92 Å². The number of rotatable bonds is 3. The third-order valence-corrected chi connectivity index (χ3v) is 2.91. The fourth-order valence-electron chi connectivity index (χ4n) is 1.93. The summed E-state index contributed by atoms with van der Waals surface area (Å²) >= 11 is 0. The van der Waals surface area contributed by atoms with Crippen molar-refractivity contribution < 1.29 is 9.90 Å². The number of nitrogens with one attached hydrogen (secondary N) is 1. The van der Waals surface area contributed by atoms with Crippen molar-refractivity contribution in [1.29, 1.82) is 0 Å². The number of anilines is 1. The molecule has 1 saturated heterocycles. The van der Waals surface area contributed by atoms with E-state index in [0.29, 0.717) is 0 Å². The number of para-hydroxylation sites is 1. The minimum atomic E-state index is -0.667. The number of hydrogen-bond acceptors (Lipinski definition) is 3. The molecule has 0 atom stereocenters. The van der Waals surface area contributed by atoms with Crippen molar-refractivity contribution in [2.24, 2.45) is 5.92 Å². The van der Waals surface area contributed by atoms with Crippen molar-refractivity contribution in [3.05, 3.63) is 30.3 Å². The van der Waals surface area contributed by atoms with Crippen LogP contribution in [-0.2, 0) is 4.79 Å². The number of carboxylic acids is 1. The fourth-order valence-corrected chi connectivity index (χ4v) is 1.93. The highest BCUT2D eigenvalue weighted by Gasteiger charge is 2.24. The summed E-state index contributed by atoms with van der Waals surface area (Å²) in [6.45, 7) is 1.57. The molecule has 1 aliphatic rings. The van der Waals surface area contributed by atoms with Gasteiger partial charge in [-0.1, -0.05) is 18.2 Å². The summed E-state index contributed by atoms with van der Waals surface area (Å²) in [5.74, 6) is -0.840. The average molecular weight is 220 g/mol. The quantitative estimate of drug-likeness (QED) is 0.815. The Morgan fingerprint density at radius 3 is 2.44 bits per heavy atom. The lowest BCUT2D eigenvalue weighted by Crippen LogP contribution is -2.39. The predicted octanol–water partition coefficient (Wildman–Crippen LogP) is 1.81. The maximum atomic E-state index is 10.8. The second-order valence-electron chi connectivity index (χ2n) is 4.08. The molecule has 1 fully saturated rings. The largest absolute Gasteiger partial charge is 0.481 e. The van der Waals surface area contributed by atoms with E-state index in [0.717, 1.165) is 31.6 Å². The van der Waals surface area contributed by atoms with E-state index in [1.165, 1.54) is 0 Å². The number of nitrogens with zero attached hydrogens (tertiary/aromatic N) is 1. The minimum absolute atomic E-state index is 0.172. The maximum absolute atomic E-state index is 10.8. The summed E-state index contributed by atoms with van der Waals surface area (Å²) in [5, 5.41) is 11.0. The van der Waals surface area contributed by atoms with Gasteiger partial charge in [0.15, 0.2) is 0 Å². The molecule has 86 valence electrons. The molecular weight excluding hydrogens is 204 g/mol. The Balaban J connectivity index is 1.84. The normalized spacial score (nSPS) is 18.2. The van der Waals surface area contributed by atoms with Gasteiger partial charge in [-0.15, -0.1) is 0 Å². The second-order valence-corrected chi connectivity index (χ2v) is 4.08. The summed E-state index contributed by atoms with van der Waals surface area (Å²) < 4.78 is 0. The first kappa shape index (κ1) is 11.0. The number of carbonyl (C=O) groups is 1. The van der Waals surface area contributed by atoms with Crippen LogP contribution in [0.4, 0.5) is 5.69 Å². The molecule has 0 spiro atoms. The molecule has 4 nitrogen and oxygen atoms in total. The summed E-state index contributed by atoms with van der Waals surface area (Å²) in [7, 11) is 0. The number of benzene rings is 1. The molecule has 4 heteroatoms. The molecule has 2 N–H and O–H groups in total. The van der Waals surface area contributed by atoms with Gasteiger partial charge >= 0.3 is 5.97 Å². The van der Waals surface area contributed by atoms with Crippen molar-refractivity contribution in [3.8, 4) is 0 Å². The molecule has 1 aromatic carbocycles. The van der Waals surface area contributed by atoms with Gasteiger partial charge in [0.2, 0.25) is 0 Å². The van der Waals surface area contributed by atoms with Crippen molar-refractivity contribution in [3.63, 3.8) is 0 Å². The Kier molecular flexibility index (Phi) is 3.41. The smallest absolute Gasteiger partial charge is 0.306 e. The van der Waals surface area contributed by atoms with Gasteiger partial charge in [0.05, 0.1) is 5.92 Å². The van der Waals surface area contributed by atoms with Gasteiger partial charge in [-0.3, -0.25) is 4.79 Å². The van der Waals surface area contributed by atoms with Gasteiger partial charge in [-0.05, 0) is 25.0 Å². The van der Waals surface area contributed by atoms with Crippen molar-refractivity contribution in [1.82, 2.24) is 5.01 Å². The minimum Gasteiger partial charge on any atom is -0.481 e. The van der Waals surface area contributed by atoms with Crippen LogP contribution in [0.1, 0.15) is 12.8 Å². The molecule has 1 heterocycles. The van der Waals surface area contributed by atoms with Gasteiger partial charge in [-0.25, -0.2) is 5.01 Å². The van der Waals surface area contributed by atoms with Crippen LogP contribution < -0.4 is 5.43 Å². The zero-order valence-electron chi connectivity index (χ0n) is 9.10. The third-order valence-electron chi connectivity index (χ3n) is 2.91. The molecular formula is C12H16N2O2. The van der Waals surface area contributed by atoms with Crippen LogP contribution in [0.15, 0.2) is 30.3 Å². The van der Waals surface area contributed by atoms with E-state index in [4.69, 9.17) is 5.11 Å². The van der Waals surface area contributed by atoms with Gasteiger partial charge in [0, 0.05) is 18.8 Å². The van der Waals surface area contributed by atoms with Crippen molar-refractivity contribution >= 4 is 11.7 Å². The van der Waals surface area contributed by atoms with Crippen molar-refractivity contribution in [2.75, 3.05) is 18.5 Å². The molecule has 0 radical (unpaired) electrons. The van der Waals surface area contributed by atoms with Gasteiger partial charge in [0.1, 0.15) is 0 Å². The first-order chi connectivity index (χ1) is 7.75. The Hall–Kier alpha value is -1.55. The molecule has 0 saturated carbocycles. The molecule has 0 unspecified atom stereocenters. The highest BCUT2D eigenvalue weighted by Crippen LogP contribution is 2.18. The first-order valence-corrected chi connectivity index (χ1v) is 5.55. The second kappa shape index (κ2) is 4.99. The Labute approximate surface area is 94.9 Å². The SMILES string of the molecule is O=C(O)C1CCN(Nc2ccccc2)CC1. The molecule has 0 bridgehead atoms. The standard InChI is InChI=1S/C12H16N2O2/c15-12(16)10-6-8-14(9-7-10)13-11-4-2-1-3-5-11/h1-5,10,13H,6-9H2,(H,15,16). The summed E-state index contributed by atoms with van der Waals surface area (Å²) in [5.41, 5.74) is 4.33. The Morgan fingerprint density at radius 1 is 1.25 bits per heavy atom. The van der Waals surface area contributed by atoms with E-state index in [-0.39, 0.29) is 5.92 Å².